The molecule has 10 heteroatoms. The summed E-state index contributed by atoms with van der Waals surface area (Å²) in [4.78, 5) is 65.9. The minimum Gasteiger partial charge on any atom is -0.423 e. The molecule has 3 aromatic carbocycles. The molecule has 2 fully saturated rings. The Kier molecular flexibility index (Phi) is 8.14. The standard InChI is InChI=1S/C30H24BrClN2O6/c31-21-11-5-20(6-12-21)30(39)40-23-15-9-18(10-16-23)26(35)17-33(27(36)19-7-13-22(32)14-8-19)34-28(37)24-3-1-2-4-25(24)29(34)38/h5-16,24-25H,1-4,17H2/t24-,25-/m0/s1. The zero-order valence-electron chi connectivity index (χ0n) is 21.2. The summed E-state index contributed by atoms with van der Waals surface area (Å²) in [5, 5.41) is 2.22. The molecular weight excluding hydrogens is 600 g/mol. The van der Waals surface area contributed by atoms with Gasteiger partial charge in [-0.3, -0.25) is 19.2 Å². The van der Waals surface area contributed by atoms with Crippen molar-refractivity contribution in [2.75, 3.05) is 6.54 Å². The number of benzene rings is 3. The highest BCUT2D eigenvalue weighted by Crippen LogP contribution is 2.39. The number of amides is 3. The Morgan fingerprint density at radius 3 is 1.90 bits per heavy atom. The van der Waals surface area contributed by atoms with Crippen LogP contribution in [0.1, 0.15) is 56.8 Å². The van der Waals surface area contributed by atoms with Gasteiger partial charge in [0.05, 0.1) is 17.4 Å². The Balaban J connectivity index is 1.36. The number of hydrazine groups is 1. The molecule has 8 nitrogen and oxygen atoms in total. The number of esters is 1. The smallest absolute Gasteiger partial charge is 0.343 e. The molecule has 0 N–H and O–H groups in total. The van der Waals surface area contributed by atoms with Gasteiger partial charge in [-0.05, 0) is 85.6 Å². The van der Waals surface area contributed by atoms with Crippen LogP contribution < -0.4 is 4.74 Å². The molecule has 1 aliphatic heterocycles. The molecule has 1 saturated carbocycles. The van der Waals surface area contributed by atoms with Crippen molar-refractivity contribution in [3.8, 4) is 5.75 Å². The number of Topliss-reactive ketones (excluding diaryl/α,β-unsaturated/α-hetero) is 1. The first-order valence-corrected chi connectivity index (χ1v) is 14.0. The molecule has 0 aromatic heterocycles. The van der Waals surface area contributed by atoms with Crippen molar-refractivity contribution in [2.24, 2.45) is 11.8 Å². The number of halogens is 2. The average molecular weight is 624 g/mol. The van der Waals surface area contributed by atoms with Gasteiger partial charge < -0.3 is 4.74 Å². The van der Waals surface area contributed by atoms with Gasteiger partial charge in [0.15, 0.2) is 5.78 Å². The van der Waals surface area contributed by atoms with Gasteiger partial charge in [0.25, 0.3) is 17.7 Å². The number of nitrogens with zero attached hydrogens (tertiary/aromatic N) is 2. The third-order valence-electron chi connectivity index (χ3n) is 7.15. The molecule has 3 amide bonds. The lowest BCUT2D eigenvalue weighted by molar-refractivity contribution is -0.154. The zero-order valence-corrected chi connectivity index (χ0v) is 23.6. The van der Waals surface area contributed by atoms with E-state index in [0.717, 1.165) is 27.3 Å². The summed E-state index contributed by atoms with van der Waals surface area (Å²) in [6.45, 7) is -0.531. The van der Waals surface area contributed by atoms with Crippen LogP contribution >= 0.6 is 27.5 Å². The van der Waals surface area contributed by atoms with Gasteiger partial charge in [-0.2, -0.15) is 5.01 Å². The van der Waals surface area contributed by atoms with Gasteiger partial charge in [-0.1, -0.05) is 40.4 Å². The minimum absolute atomic E-state index is 0.183. The molecule has 5 rings (SSSR count). The third-order valence-corrected chi connectivity index (χ3v) is 7.93. The predicted octanol–water partition coefficient (Wildman–Crippen LogP) is 5.74. The SMILES string of the molecule is O=C(CN(C(=O)c1ccc(Cl)cc1)N1C(=O)[C@H]2CCCC[C@@H]2C1=O)c1ccc(OC(=O)c2ccc(Br)cc2)cc1. The molecule has 1 saturated heterocycles. The topological polar surface area (TPSA) is 101 Å². The van der Waals surface area contributed by atoms with Crippen LogP contribution in [0.5, 0.6) is 5.75 Å². The highest BCUT2D eigenvalue weighted by molar-refractivity contribution is 9.10. The van der Waals surface area contributed by atoms with Crippen molar-refractivity contribution in [1.82, 2.24) is 10.0 Å². The normalized spacial score (nSPS) is 18.3. The van der Waals surface area contributed by atoms with Crippen molar-refractivity contribution >= 4 is 57.0 Å². The van der Waals surface area contributed by atoms with Crippen molar-refractivity contribution in [2.45, 2.75) is 25.7 Å². The van der Waals surface area contributed by atoms with Crippen LogP contribution in [0.2, 0.25) is 5.02 Å². The molecule has 1 aliphatic carbocycles. The lowest BCUT2D eigenvalue weighted by Crippen LogP contribution is -2.52. The molecule has 2 atom stereocenters. The van der Waals surface area contributed by atoms with Gasteiger partial charge in [0, 0.05) is 20.6 Å². The van der Waals surface area contributed by atoms with Crippen molar-refractivity contribution in [3.05, 3.63) is 99.0 Å². The summed E-state index contributed by atoms with van der Waals surface area (Å²) in [5.74, 6) is -3.38. The van der Waals surface area contributed by atoms with E-state index in [1.54, 1.807) is 24.3 Å². The maximum atomic E-state index is 13.6. The summed E-state index contributed by atoms with van der Waals surface area (Å²) in [6, 6.07) is 18.6. The molecular formula is C30H24BrClN2O6. The first kappa shape index (κ1) is 27.7. The van der Waals surface area contributed by atoms with E-state index < -0.39 is 47.9 Å². The van der Waals surface area contributed by atoms with E-state index in [1.807, 2.05) is 0 Å². The molecule has 0 unspecified atom stereocenters. The number of ether oxygens (including phenoxy) is 1. The molecule has 40 heavy (non-hydrogen) atoms. The second-order valence-corrected chi connectivity index (χ2v) is 11.1. The van der Waals surface area contributed by atoms with Crippen LogP contribution in [0, 0.1) is 11.8 Å². The zero-order chi connectivity index (χ0) is 28.4. The number of imide groups is 1. The average Bonchev–Trinajstić information content (AvgIpc) is 3.22. The van der Waals surface area contributed by atoms with Crippen LogP contribution in [0.25, 0.3) is 0 Å². The lowest BCUT2D eigenvalue weighted by atomic mass is 9.81. The van der Waals surface area contributed by atoms with E-state index in [4.69, 9.17) is 16.3 Å². The van der Waals surface area contributed by atoms with Crippen LogP contribution in [0.15, 0.2) is 77.3 Å². The number of carbonyl (C=O) groups excluding carboxylic acids is 5. The van der Waals surface area contributed by atoms with Gasteiger partial charge >= 0.3 is 5.97 Å². The number of carbonyl (C=O) groups is 5. The Morgan fingerprint density at radius 2 is 1.32 bits per heavy atom. The minimum atomic E-state index is -0.662. The fourth-order valence-electron chi connectivity index (χ4n) is 5.05. The molecule has 0 bridgehead atoms. The first-order valence-electron chi connectivity index (χ1n) is 12.8. The number of hydrogen-bond acceptors (Lipinski definition) is 6. The molecule has 2 aliphatic rings. The van der Waals surface area contributed by atoms with E-state index in [1.165, 1.54) is 48.5 Å². The lowest BCUT2D eigenvalue weighted by Gasteiger charge is -2.30. The van der Waals surface area contributed by atoms with Crippen molar-refractivity contribution < 1.29 is 28.7 Å². The molecule has 0 radical (unpaired) electrons. The first-order chi connectivity index (χ1) is 19.2. The van der Waals surface area contributed by atoms with Crippen LogP contribution in [-0.2, 0) is 9.59 Å². The van der Waals surface area contributed by atoms with Crippen LogP contribution in [0.4, 0.5) is 0 Å². The summed E-state index contributed by atoms with van der Waals surface area (Å²) in [7, 11) is 0. The number of fused-ring (bicyclic) bond motifs is 1. The van der Waals surface area contributed by atoms with E-state index >= 15 is 0 Å². The second-order valence-electron chi connectivity index (χ2n) is 9.70. The maximum Gasteiger partial charge on any atom is 0.343 e. The largest absolute Gasteiger partial charge is 0.423 e. The van der Waals surface area contributed by atoms with Gasteiger partial charge in [-0.25, -0.2) is 9.80 Å². The number of rotatable bonds is 7. The predicted molar refractivity (Wildman–Crippen MR) is 150 cm³/mol. The quantitative estimate of drug-likeness (QED) is 0.144. The monoisotopic (exact) mass is 622 g/mol. The number of hydrogen-bond donors (Lipinski definition) is 0. The van der Waals surface area contributed by atoms with Crippen molar-refractivity contribution in [1.29, 1.82) is 0 Å². The Hall–Kier alpha value is -3.82. The number of ketones is 1. The maximum absolute atomic E-state index is 13.6. The summed E-state index contributed by atoms with van der Waals surface area (Å²) >= 11 is 9.29. The second kappa shape index (κ2) is 11.7. The summed E-state index contributed by atoms with van der Waals surface area (Å²) < 4.78 is 6.21. The molecule has 1 heterocycles. The Morgan fingerprint density at radius 1 is 0.800 bits per heavy atom. The molecule has 204 valence electrons. The summed E-state index contributed by atoms with van der Waals surface area (Å²) in [6.07, 6.45) is 2.81. The molecule has 0 spiro atoms. The highest BCUT2D eigenvalue weighted by atomic mass is 79.9. The van der Waals surface area contributed by atoms with E-state index in [-0.39, 0.29) is 16.9 Å². The van der Waals surface area contributed by atoms with Gasteiger partial charge in [0.1, 0.15) is 12.3 Å². The Bertz CT molecular complexity index is 1450. The van der Waals surface area contributed by atoms with Gasteiger partial charge in [-0.15, -0.1) is 0 Å². The fourth-order valence-corrected chi connectivity index (χ4v) is 5.44. The van der Waals surface area contributed by atoms with Gasteiger partial charge in [0.2, 0.25) is 0 Å². The molecule has 3 aromatic rings. The third kappa shape index (κ3) is 5.71. The fraction of sp³-hybridized carbons (Fsp3) is 0.233. The van der Waals surface area contributed by atoms with Crippen molar-refractivity contribution in [3.63, 3.8) is 0 Å². The van der Waals surface area contributed by atoms with Crippen LogP contribution in [0.3, 0.4) is 0 Å². The van der Waals surface area contributed by atoms with E-state index in [9.17, 15) is 24.0 Å². The van der Waals surface area contributed by atoms with E-state index in [0.29, 0.717) is 23.4 Å². The van der Waals surface area contributed by atoms with E-state index in [2.05, 4.69) is 15.9 Å². The van der Waals surface area contributed by atoms with Crippen LogP contribution in [-0.4, -0.2) is 46.0 Å². The highest BCUT2D eigenvalue weighted by Gasteiger charge is 2.51. The summed E-state index contributed by atoms with van der Waals surface area (Å²) in [5.41, 5.74) is 0.761. The Labute approximate surface area is 243 Å².